The van der Waals surface area contributed by atoms with E-state index in [-0.39, 0.29) is 5.91 Å². The SMILES string of the molecule is COc1ccc(-c2cnc(CCC(=O)NCc3ccnc(N4CCN(C)CC4)c3)o2)cc1. The van der Waals surface area contributed by atoms with Crippen LogP contribution in [-0.2, 0) is 17.8 Å². The number of hydrogen-bond donors (Lipinski definition) is 1. The van der Waals surface area contributed by atoms with Gasteiger partial charge in [0.15, 0.2) is 11.7 Å². The van der Waals surface area contributed by atoms with Crippen LogP contribution in [0.5, 0.6) is 5.75 Å². The van der Waals surface area contributed by atoms with E-state index in [1.54, 1.807) is 13.3 Å². The van der Waals surface area contributed by atoms with Gasteiger partial charge in [-0.05, 0) is 49.0 Å². The monoisotopic (exact) mass is 435 g/mol. The summed E-state index contributed by atoms with van der Waals surface area (Å²) in [7, 11) is 3.77. The maximum atomic E-state index is 12.3. The smallest absolute Gasteiger partial charge is 0.220 e. The zero-order valence-electron chi connectivity index (χ0n) is 18.6. The Bertz CT molecular complexity index is 1030. The van der Waals surface area contributed by atoms with Crippen molar-refractivity contribution in [1.82, 2.24) is 20.2 Å². The van der Waals surface area contributed by atoms with Crippen molar-refractivity contribution in [3.05, 3.63) is 60.2 Å². The van der Waals surface area contributed by atoms with Crippen molar-refractivity contribution >= 4 is 11.7 Å². The van der Waals surface area contributed by atoms with Crippen LogP contribution in [0.4, 0.5) is 5.82 Å². The Morgan fingerprint density at radius 3 is 2.66 bits per heavy atom. The number of pyridine rings is 1. The van der Waals surface area contributed by atoms with Crippen molar-refractivity contribution in [3.8, 4) is 17.1 Å². The van der Waals surface area contributed by atoms with Gasteiger partial charge in [0.05, 0.1) is 13.3 Å². The Balaban J connectivity index is 1.25. The average Bonchev–Trinajstić information content (AvgIpc) is 3.31. The number of carbonyl (C=O) groups is 1. The topological polar surface area (TPSA) is 83.7 Å². The second-order valence-corrected chi connectivity index (χ2v) is 7.94. The number of piperazine rings is 1. The minimum absolute atomic E-state index is 0.0350. The van der Waals surface area contributed by atoms with Gasteiger partial charge in [0.2, 0.25) is 5.91 Å². The lowest BCUT2D eigenvalue weighted by molar-refractivity contribution is -0.121. The summed E-state index contributed by atoms with van der Waals surface area (Å²) in [5.74, 6) is 2.95. The summed E-state index contributed by atoms with van der Waals surface area (Å²) in [5.41, 5.74) is 1.96. The van der Waals surface area contributed by atoms with Crippen LogP contribution in [0.3, 0.4) is 0 Å². The number of likely N-dealkylation sites (N-methyl/N-ethyl adjacent to an activating group) is 1. The Labute approximate surface area is 188 Å². The van der Waals surface area contributed by atoms with Crippen molar-refractivity contribution in [3.63, 3.8) is 0 Å². The van der Waals surface area contributed by atoms with E-state index in [0.29, 0.717) is 31.0 Å². The molecule has 3 heterocycles. The van der Waals surface area contributed by atoms with Crippen molar-refractivity contribution in [2.24, 2.45) is 0 Å². The van der Waals surface area contributed by atoms with Gasteiger partial charge in [-0.1, -0.05) is 0 Å². The van der Waals surface area contributed by atoms with Gasteiger partial charge in [0, 0.05) is 57.3 Å². The van der Waals surface area contributed by atoms with E-state index >= 15 is 0 Å². The van der Waals surface area contributed by atoms with Crippen LogP contribution in [0, 0.1) is 0 Å². The van der Waals surface area contributed by atoms with E-state index in [9.17, 15) is 4.79 Å². The van der Waals surface area contributed by atoms with E-state index in [4.69, 9.17) is 9.15 Å². The van der Waals surface area contributed by atoms with Gasteiger partial charge in [-0.3, -0.25) is 4.79 Å². The molecule has 1 fully saturated rings. The molecule has 1 aromatic carbocycles. The van der Waals surface area contributed by atoms with Gasteiger partial charge < -0.3 is 24.3 Å². The standard InChI is InChI=1S/C24H29N5O3/c1-28-11-13-29(14-12-28)22-15-18(9-10-25-22)16-26-23(30)7-8-24-27-17-21(32-24)19-3-5-20(31-2)6-4-19/h3-6,9-10,15,17H,7-8,11-14,16H2,1-2H3,(H,26,30). The number of anilines is 1. The first kappa shape index (κ1) is 21.8. The molecule has 1 aliphatic rings. The van der Waals surface area contributed by atoms with Gasteiger partial charge in [-0.25, -0.2) is 9.97 Å². The second kappa shape index (κ2) is 10.3. The summed E-state index contributed by atoms with van der Waals surface area (Å²) in [4.78, 5) is 25.7. The molecular formula is C24H29N5O3. The molecule has 1 amide bonds. The second-order valence-electron chi connectivity index (χ2n) is 7.94. The van der Waals surface area contributed by atoms with Gasteiger partial charge in [-0.15, -0.1) is 0 Å². The first-order valence-electron chi connectivity index (χ1n) is 10.8. The minimum atomic E-state index is -0.0350. The number of nitrogens with one attached hydrogen (secondary N) is 1. The van der Waals surface area contributed by atoms with Crippen molar-refractivity contribution < 1.29 is 13.9 Å². The third kappa shape index (κ3) is 5.64. The molecule has 0 bridgehead atoms. The molecule has 32 heavy (non-hydrogen) atoms. The molecule has 0 unspecified atom stereocenters. The highest BCUT2D eigenvalue weighted by Crippen LogP contribution is 2.23. The largest absolute Gasteiger partial charge is 0.497 e. The summed E-state index contributed by atoms with van der Waals surface area (Å²) >= 11 is 0. The lowest BCUT2D eigenvalue weighted by Crippen LogP contribution is -2.44. The fourth-order valence-corrected chi connectivity index (χ4v) is 3.60. The summed E-state index contributed by atoms with van der Waals surface area (Å²) < 4.78 is 11.0. The summed E-state index contributed by atoms with van der Waals surface area (Å²) in [6.07, 6.45) is 4.26. The maximum absolute atomic E-state index is 12.3. The molecule has 8 nitrogen and oxygen atoms in total. The van der Waals surface area contributed by atoms with Crippen molar-refractivity contribution in [1.29, 1.82) is 0 Å². The number of rotatable bonds is 8. The molecule has 1 saturated heterocycles. The normalized spacial score (nSPS) is 14.4. The molecule has 4 rings (SSSR count). The van der Waals surface area contributed by atoms with Crippen LogP contribution in [0.15, 0.2) is 53.2 Å². The quantitative estimate of drug-likeness (QED) is 0.582. The first-order valence-corrected chi connectivity index (χ1v) is 10.8. The van der Waals surface area contributed by atoms with Crippen LogP contribution < -0.4 is 15.0 Å². The molecule has 0 radical (unpaired) electrons. The van der Waals surface area contributed by atoms with Gasteiger partial charge >= 0.3 is 0 Å². The molecular weight excluding hydrogens is 406 g/mol. The van der Waals surface area contributed by atoms with Crippen LogP contribution in [0.25, 0.3) is 11.3 Å². The summed E-state index contributed by atoms with van der Waals surface area (Å²) in [6.45, 7) is 4.47. The molecule has 3 aromatic rings. The minimum Gasteiger partial charge on any atom is -0.497 e. The molecule has 0 atom stereocenters. The highest BCUT2D eigenvalue weighted by atomic mass is 16.5. The number of carbonyl (C=O) groups excluding carboxylic acids is 1. The summed E-state index contributed by atoms with van der Waals surface area (Å²) in [6, 6.07) is 11.6. The fraction of sp³-hybridized carbons (Fsp3) is 0.375. The fourth-order valence-electron chi connectivity index (χ4n) is 3.60. The molecule has 0 spiro atoms. The molecule has 0 aliphatic carbocycles. The van der Waals surface area contributed by atoms with E-state index in [2.05, 4.69) is 38.2 Å². The van der Waals surface area contributed by atoms with Crippen LogP contribution >= 0.6 is 0 Å². The van der Waals surface area contributed by atoms with Gasteiger partial charge in [-0.2, -0.15) is 0 Å². The lowest BCUT2D eigenvalue weighted by atomic mass is 10.2. The average molecular weight is 436 g/mol. The maximum Gasteiger partial charge on any atom is 0.220 e. The van der Waals surface area contributed by atoms with Crippen LogP contribution in [-0.4, -0.2) is 61.1 Å². The molecule has 8 heteroatoms. The Morgan fingerprint density at radius 2 is 1.91 bits per heavy atom. The van der Waals surface area contributed by atoms with Crippen molar-refractivity contribution in [2.75, 3.05) is 45.2 Å². The van der Waals surface area contributed by atoms with Gasteiger partial charge in [0.1, 0.15) is 11.6 Å². The predicted molar refractivity (Wildman–Crippen MR) is 123 cm³/mol. The number of hydrogen-bond acceptors (Lipinski definition) is 7. The molecule has 1 aliphatic heterocycles. The Hall–Kier alpha value is -3.39. The van der Waals surface area contributed by atoms with Crippen LogP contribution in [0.1, 0.15) is 17.9 Å². The summed E-state index contributed by atoms with van der Waals surface area (Å²) in [5, 5.41) is 2.98. The number of nitrogens with zero attached hydrogens (tertiary/aromatic N) is 4. The van der Waals surface area contributed by atoms with E-state index in [1.807, 2.05) is 36.5 Å². The zero-order chi connectivity index (χ0) is 22.3. The number of amides is 1. The molecule has 168 valence electrons. The third-order valence-electron chi connectivity index (χ3n) is 5.62. The van der Waals surface area contributed by atoms with Gasteiger partial charge in [0.25, 0.3) is 0 Å². The molecule has 1 N–H and O–H groups in total. The number of oxazole rings is 1. The van der Waals surface area contributed by atoms with E-state index < -0.39 is 0 Å². The molecule has 0 saturated carbocycles. The van der Waals surface area contributed by atoms with Crippen molar-refractivity contribution in [2.45, 2.75) is 19.4 Å². The number of methoxy groups -OCH3 is 1. The third-order valence-corrected chi connectivity index (χ3v) is 5.62. The highest BCUT2D eigenvalue weighted by molar-refractivity contribution is 5.76. The Morgan fingerprint density at radius 1 is 1.12 bits per heavy atom. The number of benzene rings is 1. The molecule has 2 aromatic heterocycles. The van der Waals surface area contributed by atoms with E-state index in [0.717, 1.165) is 48.9 Å². The van der Waals surface area contributed by atoms with Crippen LogP contribution in [0.2, 0.25) is 0 Å². The number of aryl methyl sites for hydroxylation is 1. The lowest BCUT2D eigenvalue weighted by Gasteiger charge is -2.33. The van der Waals surface area contributed by atoms with E-state index in [1.165, 1.54) is 0 Å². The number of ether oxygens (including phenoxy) is 1. The highest BCUT2D eigenvalue weighted by Gasteiger charge is 2.15. The first-order chi connectivity index (χ1) is 15.6. The Kier molecular flexibility index (Phi) is 7.01. The zero-order valence-corrected chi connectivity index (χ0v) is 18.6. The number of aromatic nitrogens is 2. The predicted octanol–water partition coefficient (Wildman–Crippen LogP) is 2.75.